The van der Waals surface area contributed by atoms with E-state index in [1.54, 1.807) is 6.07 Å². The normalized spacial score (nSPS) is 23.3. The number of non-ortho nitro benzene ring substituents is 1. The van der Waals surface area contributed by atoms with Crippen LogP contribution in [0.4, 0.5) is 5.69 Å². The Labute approximate surface area is 128 Å². The summed E-state index contributed by atoms with van der Waals surface area (Å²) in [5.41, 5.74) is 1.10. The maximum absolute atomic E-state index is 10.9. The summed E-state index contributed by atoms with van der Waals surface area (Å²) in [5, 5.41) is 14.5. The molecule has 0 heterocycles. The van der Waals surface area contributed by atoms with Crippen molar-refractivity contribution in [3.05, 3.63) is 38.3 Å². The SMILES string of the molecule is CC1CCCCCC1NCc1cc(Br)cc([N+](=O)[O-])c1. The minimum atomic E-state index is -0.345. The Morgan fingerprint density at radius 3 is 2.80 bits per heavy atom. The molecule has 0 radical (unpaired) electrons. The van der Waals surface area contributed by atoms with Crippen LogP contribution in [0.5, 0.6) is 0 Å². The van der Waals surface area contributed by atoms with E-state index in [9.17, 15) is 10.1 Å². The first-order chi connectivity index (χ1) is 9.56. The second kappa shape index (κ2) is 7.18. The first-order valence-corrected chi connectivity index (χ1v) is 8.03. The second-order valence-electron chi connectivity index (χ2n) is 5.68. The summed E-state index contributed by atoms with van der Waals surface area (Å²) < 4.78 is 0.761. The van der Waals surface area contributed by atoms with Crippen LogP contribution in [0, 0.1) is 16.0 Å². The standard InChI is InChI=1S/C15H21BrN2O2/c1-11-5-3-2-4-6-15(11)17-10-12-7-13(16)9-14(8-12)18(19)20/h7-9,11,15,17H,2-6,10H2,1H3. The van der Waals surface area contributed by atoms with E-state index in [2.05, 4.69) is 28.2 Å². The highest BCUT2D eigenvalue weighted by molar-refractivity contribution is 9.10. The number of nitrogens with one attached hydrogen (secondary N) is 1. The highest BCUT2D eigenvalue weighted by Crippen LogP contribution is 2.25. The first kappa shape index (κ1) is 15.4. The van der Waals surface area contributed by atoms with Gasteiger partial charge in [-0.1, -0.05) is 42.1 Å². The van der Waals surface area contributed by atoms with Gasteiger partial charge in [-0.15, -0.1) is 0 Å². The molecule has 1 aliphatic carbocycles. The lowest BCUT2D eigenvalue weighted by atomic mass is 9.97. The summed E-state index contributed by atoms with van der Waals surface area (Å²) in [6.07, 6.45) is 6.40. The van der Waals surface area contributed by atoms with Crippen LogP contribution in [0.2, 0.25) is 0 Å². The number of halogens is 1. The zero-order valence-electron chi connectivity index (χ0n) is 11.8. The quantitative estimate of drug-likeness (QED) is 0.501. The monoisotopic (exact) mass is 340 g/mol. The maximum Gasteiger partial charge on any atom is 0.270 e. The molecule has 1 aliphatic rings. The van der Waals surface area contributed by atoms with Gasteiger partial charge in [0.15, 0.2) is 0 Å². The topological polar surface area (TPSA) is 55.2 Å². The van der Waals surface area contributed by atoms with Gasteiger partial charge in [0.25, 0.3) is 5.69 Å². The zero-order valence-corrected chi connectivity index (χ0v) is 13.4. The van der Waals surface area contributed by atoms with Crippen molar-refractivity contribution in [1.82, 2.24) is 5.32 Å². The summed E-state index contributed by atoms with van der Waals surface area (Å²) >= 11 is 3.34. The molecule has 0 amide bonds. The van der Waals surface area contributed by atoms with Gasteiger partial charge in [-0.3, -0.25) is 10.1 Å². The molecule has 110 valence electrons. The molecule has 2 unspecified atom stereocenters. The molecule has 20 heavy (non-hydrogen) atoms. The van der Waals surface area contributed by atoms with Crippen molar-refractivity contribution in [3.63, 3.8) is 0 Å². The van der Waals surface area contributed by atoms with Crippen molar-refractivity contribution in [2.75, 3.05) is 0 Å². The molecule has 1 aromatic rings. The number of benzene rings is 1. The van der Waals surface area contributed by atoms with E-state index in [0.29, 0.717) is 18.5 Å². The molecule has 2 atom stereocenters. The fraction of sp³-hybridized carbons (Fsp3) is 0.600. The third kappa shape index (κ3) is 4.28. The van der Waals surface area contributed by atoms with Gasteiger partial charge in [0.2, 0.25) is 0 Å². The minimum Gasteiger partial charge on any atom is -0.310 e. The molecule has 1 N–H and O–H groups in total. The molecule has 2 rings (SSSR count). The highest BCUT2D eigenvalue weighted by atomic mass is 79.9. The smallest absolute Gasteiger partial charge is 0.270 e. The maximum atomic E-state index is 10.9. The third-order valence-corrected chi connectivity index (χ3v) is 4.54. The van der Waals surface area contributed by atoms with E-state index in [4.69, 9.17) is 0 Å². The van der Waals surface area contributed by atoms with Gasteiger partial charge in [0.1, 0.15) is 0 Å². The third-order valence-electron chi connectivity index (χ3n) is 4.08. The summed E-state index contributed by atoms with van der Waals surface area (Å²) in [4.78, 5) is 10.5. The highest BCUT2D eigenvalue weighted by Gasteiger charge is 2.19. The van der Waals surface area contributed by atoms with Crippen molar-refractivity contribution in [2.45, 2.75) is 51.6 Å². The predicted octanol–water partition coefficient (Wildman–Crippen LogP) is 4.42. The Morgan fingerprint density at radius 2 is 2.05 bits per heavy atom. The molecule has 5 heteroatoms. The van der Waals surface area contributed by atoms with Crippen LogP contribution in [0.15, 0.2) is 22.7 Å². The Hall–Kier alpha value is -0.940. The number of nitrogens with zero attached hydrogens (tertiary/aromatic N) is 1. The molecule has 0 aromatic heterocycles. The van der Waals surface area contributed by atoms with Crippen LogP contribution < -0.4 is 5.32 Å². The van der Waals surface area contributed by atoms with Crippen LogP contribution in [0.3, 0.4) is 0 Å². The van der Waals surface area contributed by atoms with Crippen LogP contribution in [0.1, 0.15) is 44.6 Å². The summed E-state index contributed by atoms with van der Waals surface area (Å²) in [6.45, 7) is 2.99. The molecule has 1 aromatic carbocycles. The fourth-order valence-electron chi connectivity index (χ4n) is 2.89. The average molecular weight is 341 g/mol. The van der Waals surface area contributed by atoms with Crippen molar-refractivity contribution < 1.29 is 4.92 Å². The lowest BCUT2D eigenvalue weighted by Crippen LogP contribution is -2.33. The minimum absolute atomic E-state index is 0.144. The number of hydrogen-bond donors (Lipinski definition) is 1. The summed E-state index contributed by atoms with van der Waals surface area (Å²) in [6, 6.07) is 5.66. The molecule has 4 nitrogen and oxygen atoms in total. The van der Waals surface area contributed by atoms with Gasteiger partial charge in [0.05, 0.1) is 4.92 Å². The van der Waals surface area contributed by atoms with Crippen LogP contribution in [-0.2, 0) is 6.54 Å². The second-order valence-corrected chi connectivity index (χ2v) is 6.59. The molecule has 1 saturated carbocycles. The molecule has 0 bridgehead atoms. The predicted molar refractivity (Wildman–Crippen MR) is 83.7 cm³/mol. The van der Waals surface area contributed by atoms with Gasteiger partial charge in [-0.05, 0) is 30.4 Å². The van der Waals surface area contributed by atoms with Crippen molar-refractivity contribution in [1.29, 1.82) is 0 Å². The van der Waals surface area contributed by atoms with E-state index < -0.39 is 0 Å². The van der Waals surface area contributed by atoms with Crippen molar-refractivity contribution in [3.8, 4) is 0 Å². The van der Waals surface area contributed by atoms with Gasteiger partial charge in [-0.2, -0.15) is 0 Å². The van der Waals surface area contributed by atoms with Gasteiger partial charge < -0.3 is 5.32 Å². The molecular weight excluding hydrogens is 320 g/mol. The van der Waals surface area contributed by atoms with Gasteiger partial charge >= 0.3 is 0 Å². The largest absolute Gasteiger partial charge is 0.310 e. The van der Waals surface area contributed by atoms with Gasteiger partial charge in [-0.25, -0.2) is 0 Å². The number of nitro groups is 1. The lowest BCUT2D eigenvalue weighted by Gasteiger charge is -2.23. The Bertz CT molecular complexity index is 479. The lowest BCUT2D eigenvalue weighted by molar-refractivity contribution is -0.385. The Morgan fingerprint density at radius 1 is 1.30 bits per heavy atom. The van der Waals surface area contributed by atoms with Crippen molar-refractivity contribution >= 4 is 21.6 Å². The van der Waals surface area contributed by atoms with E-state index in [0.717, 1.165) is 10.0 Å². The van der Waals surface area contributed by atoms with E-state index in [-0.39, 0.29) is 10.6 Å². The summed E-state index contributed by atoms with van der Waals surface area (Å²) in [7, 11) is 0. The zero-order chi connectivity index (χ0) is 14.5. The number of nitro benzene ring substituents is 1. The summed E-state index contributed by atoms with van der Waals surface area (Å²) in [5.74, 6) is 0.680. The molecule has 1 fully saturated rings. The van der Waals surface area contributed by atoms with E-state index in [1.807, 2.05) is 6.07 Å². The molecular formula is C15H21BrN2O2. The van der Waals surface area contributed by atoms with Gasteiger partial charge in [0, 0.05) is 29.2 Å². The van der Waals surface area contributed by atoms with Crippen LogP contribution >= 0.6 is 15.9 Å². The Balaban J connectivity index is 2.00. The molecule has 0 aliphatic heterocycles. The van der Waals surface area contributed by atoms with E-state index in [1.165, 1.54) is 38.2 Å². The number of hydrogen-bond acceptors (Lipinski definition) is 3. The average Bonchev–Trinajstić information content (AvgIpc) is 2.60. The van der Waals surface area contributed by atoms with Crippen LogP contribution in [0.25, 0.3) is 0 Å². The van der Waals surface area contributed by atoms with Crippen LogP contribution in [-0.4, -0.2) is 11.0 Å². The Kier molecular flexibility index (Phi) is 5.54. The van der Waals surface area contributed by atoms with Crippen molar-refractivity contribution in [2.24, 2.45) is 5.92 Å². The first-order valence-electron chi connectivity index (χ1n) is 7.23. The molecule has 0 spiro atoms. The van der Waals surface area contributed by atoms with E-state index >= 15 is 0 Å². The fourth-order valence-corrected chi connectivity index (χ4v) is 3.41. The number of rotatable bonds is 4. The molecule has 0 saturated heterocycles.